The normalized spacial score (nSPS) is 13.6. The van der Waals surface area contributed by atoms with Crippen LogP contribution in [0.5, 0.6) is 0 Å². The molecule has 8 nitrogen and oxygen atoms in total. The van der Waals surface area contributed by atoms with Gasteiger partial charge in [-0.3, -0.25) is 9.13 Å². The van der Waals surface area contributed by atoms with Crippen LogP contribution in [0.3, 0.4) is 0 Å². The van der Waals surface area contributed by atoms with E-state index in [2.05, 4.69) is 10.1 Å². The molecule has 0 unspecified atom stereocenters. The molecule has 0 aliphatic heterocycles. The average molecular weight is 560 g/mol. The fourth-order valence-electron chi connectivity index (χ4n) is 3.63. The number of rotatable bonds is 7. The van der Waals surface area contributed by atoms with E-state index in [1.807, 2.05) is 0 Å². The van der Waals surface area contributed by atoms with E-state index in [-0.39, 0.29) is 34.6 Å². The molecule has 2 N–H and O–H groups in total. The van der Waals surface area contributed by atoms with Gasteiger partial charge in [0.15, 0.2) is 17.8 Å². The molecule has 0 bridgehead atoms. The Morgan fingerprint density at radius 3 is 2.32 bits per heavy atom. The van der Waals surface area contributed by atoms with Crippen molar-refractivity contribution in [2.75, 3.05) is 0 Å². The van der Waals surface area contributed by atoms with Gasteiger partial charge in [0, 0.05) is 16.2 Å². The Bertz CT molecular complexity index is 1480. The predicted molar refractivity (Wildman–Crippen MR) is 127 cm³/mol. The molecule has 2 aromatic heterocycles. The molecule has 0 spiro atoms. The maximum Gasteiger partial charge on any atom is 0.416 e. The van der Waals surface area contributed by atoms with Gasteiger partial charge in [0.05, 0.1) is 18.8 Å². The molecule has 37 heavy (non-hydrogen) atoms. The Morgan fingerprint density at radius 2 is 1.70 bits per heavy atom. The lowest BCUT2D eigenvalue weighted by Crippen LogP contribution is -2.37. The predicted octanol–water partition coefficient (Wildman–Crippen LogP) is 4.37. The monoisotopic (exact) mass is 559 g/mol. The van der Waals surface area contributed by atoms with Crippen molar-refractivity contribution < 1.29 is 27.8 Å². The topological polar surface area (TPSA) is 98.1 Å². The minimum Gasteiger partial charge on any atom is -0.385 e. The number of alkyl halides is 3. The highest BCUT2D eigenvalue weighted by Crippen LogP contribution is 2.26. The van der Waals surface area contributed by atoms with Crippen LogP contribution >= 0.6 is 23.2 Å². The second-order valence-electron chi connectivity index (χ2n) is 8.17. The Labute approximate surface area is 216 Å². The first kappa shape index (κ1) is 26.9. The minimum atomic E-state index is -4.95. The molecule has 14 heteroatoms. The first-order valence-corrected chi connectivity index (χ1v) is 11.5. The number of aliphatic hydroxyl groups excluding tert-OH is 2. The van der Waals surface area contributed by atoms with Gasteiger partial charge in [0.2, 0.25) is 0 Å². The number of benzene rings is 2. The summed E-state index contributed by atoms with van der Waals surface area (Å²) in [6, 6.07) is 9.75. The Morgan fingerprint density at radius 1 is 1.05 bits per heavy atom. The van der Waals surface area contributed by atoms with Gasteiger partial charge < -0.3 is 10.2 Å². The molecule has 2 atom stereocenters. The lowest BCUT2D eigenvalue weighted by atomic mass is 10.1. The van der Waals surface area contributed by atoms with Crippen molar-refractivity contribution in [3.05, 3.63) is 86.7 Å². The van der Waals surface area contributed by atoms with Crippen LogP contribution in [-0.4, -0.2) is 46.4 Å². The van der Waals surface area contributed by atoms with Gasteiger partial charge in [-0.25, -0.2) is 18.9 Å². The highest BCUT2D eigenvalue weighted by atomic mass is 35.5. The van der Waals surface area contributed by atoms with Crippen molar-refractivity contribution in [2.24, 2.45) is 0 Å². The Kier molecular flexibility index (Phi) is 7.47. The van der Waals surface area contributed by atoms with E-state index >= 15 is 0 Å². The molecule has 4 rings (SSSR count). The number of hydrogen-bond acceptors (Lipinski definition) is 5. The largest absolute Gasteiger partial charge is 0.416 e. The molecule has 2 heterocycles. The van der Waals surface area contributed by atoms with E-state index in [9.17, 15) is 32.6 Å². The zero-order valence-corrected chi connectivity index (χ0v) is 20.5. The smallest absolute Gasteiger partial charge is 0.385 e. The molecule has 0 saturated carbocycles. The summed E-state index contributed by atoms with van der Waals surface area (Å²) in [5.74, 6) is -0.778. The molecular formula is C23H19Cl2F4N5O3. The van der Waals surface area contributed by atoms with Crippen LogP contribution < -0.4 is 5.69 Å². The van der Waals surface area contributed by atoms with Crippen LogP contribution in [0.25, 0.3) is 16.9 Å². The number of aromatic nitrogens is 5. The van der Waals surface area contributed by atoms with Crippen LogP contribution in [0, 0.1) is 5.82 Å². The van der Waals surface area contributed by atoms with E-state index in [1.165, 1.54) is 49.5 Å². The fourth-order valence-corrected chi connectivity index (χ4v) is 3.92. The Balaban J connectivity index is 1.79. The lowest BCUT2D eigenvalue weighted by molar-refractivity contribution is -0.207. The quantitative estimate of drug-likeness (QED) is 0.328. The molecule has 196 valence electrons. The first-order chi connectivity index (χ1) is 17.3. The van der Waals surface area contributed by atoms with E-state index in [0.717, 1.165) is 19.9 Å². The molecule has 0 saturated heterocycles. The summed E-state index contributed by atoms with van der Waals surface area (Å²) in [6.45, 7) is -0.00217. The van der Waals surface area contributed by atoms with Gasteiger partial charge in [0.25, 0.3) is 0 Å². The molecule has 2 aromatic carbocycles. The summed E-state index contributed by atoms with van der Waals surface area (Å²) in [5.41, 5.74) is -0.515. The van der Waals surface area contributed by atoms with Gasteiger partial charge in [0.1, 0.15) is 17.6 Å². The van der Waals surface area contributed by atoms with Crippen LogP contribution in [0.4, 0.5) is 17.6 Å². The third-order valence-corrected chi connectivity index (χ3v) is 5.90. The number of hydrogen-bond donors (Lipinski definition) is 2. The second-order valence-corrected chi connectivity index (χ2v) is 9.04. The van der Waals surface area contributed by atoms with Crippen molar-refractivity contribution in [3.63, 3.8) is 0 Å². The fraction of sp³-hybridized carbons (Fsp3) is 0.261. The SMILES string of the molecule is C[C@H](O)c1nc(Cn2cc(-c3ccc(Cl)cc3)n(C[C@H](O)C(F)(F)F)c2=O)nn1-c1cc(Cl)ccc1F. The van der Waals surface area contributed by atoms with Crippen molar-refractivity contribution >= 4 is 23.2 Å². The van der Waals surface area contributed by atoms with Gasteiger partial charge in [-0.05, 0) is 42.8 Å². The highest BCUT2D eigenvalue weighted by Gasteiger charge is 2.39. The summed E-state index contributed by atoms with van der Waals surface area (Å²) < 4.78 is 56.6. The summed E-state index contributed by atoms with van der Waals surface area (Å²) in [6.07, 6.45) is -7.64. The van der Waals surface area contributed by atoms with Gasteiger partial charge in [-0.2, -0.15) is 13.2 Å². The summed E-state index contributed by atoms with van der Waals surface area (Å²) in [4.78, 5) is 17.3. The molecule has 0 radical (unpaired) electrons. The van der Waals surface area contributed by atoms with Crippen molar-refractivity contribution in [1.82, 2.24) is 23.9 Å². The standard InChI is InChI=1S/C23H19Cl2F4N5O3/c1-12(35)21-30-20(31-34(21)17-8-15(25)6-7-16(17)26)11-32-9-18(13-2-4-14(24)5-3-13)33(22(32)37)10-19(36)23(27,28)29/h2-9,12,19,35-36H,10-11H2,1H3/t12-,19-/m0/s1. The first-order valence-electron chi connectivity index (χ1n) is 10.7. The minimum absolute atomic E-state index is 0.0337. The number of aliphatic hydroxyl groups is 2. The maximum atomic E-state index is 14.5. The average Bonchev–Trinajstić information content (AvgIpc) is 3.38. The lowest BCUT2D eigenvalue weighted by Gasteiger charge is -2.16. The van der Waals surface area contributed by atoms with Crippen molar-refractivity contribution in [2.45, 2.75) is 38.4 Å². The summed E-state index contributed by atoms with van der Waals surface area (Å²) in [7, 11) is 0. The zero-order valence-electron chi connectivity index (χ0n) is 19.0. The van der Waals surface area contributed by atoms with Crippen molar-refractivity contribution in [1.29, 1.82) is 0 Å². The third kappa shape index (κ3) is 5.72. The molecule has 0 aliphatic carbocycles. The highest BCUT2D eigenvalue weighted by molar-refractivity contribution is 6.31. The van der Waals surface area contributed by atoms with Gasteiger partial charge >= 0.3 is 11.9 Å². The van der Waals surface area contributed by atoms with Gasteiger partial charge in [-0.1, -0.05) is 35.3 Å². The number of halogens is 6. The Hall–Kier alpha value is -3.19. The molecule has 0 fully saturated rings. The van der Waals surface area contributed by atoms with E-state index in [0.29, 0.717) is 10.6 Å². The molecule has 4 aromatic rings. The van der Waals surface area contributed by atoms with Crippen LogP contribution in [-0.2, 0) is 13.1 Å². The van der Waals surface area contributed by atoms with E-state index in [1.54, 1.807) is 0 Å². The molecular weight excluding hydrogens is 541 g/mol. The van der Waals surface area contributed by atoms with Gasteiger partial charge in [-0.15, -0.1) is 5.10 Å². The zero-order chi connectivity index (χ0) is 27.1. The summed E-state index contributed by atoms with van der Waals surface area (Å²) >= 11 is 11.9. The van der Waals surface area contributed by atoms with Crippen molar-refractivity contribution in [3.8, 4) is 16.9 Å². The van der Waals surface area contributed by atoms with Crippen LogP contribution in [0.15, 0.2) is 53.5 Å². The maximum absolute atomic E-state index is 14.5. The molecule has 0 aliphatic rings. The second kappa shape index (κ2) is 10.3. The van der Waals surface area contributed by atoms with Crippen LogP contribution in [0.2, 0.25) is 10.0 Å². The summed E-state index contributed by atoms with van der Waals surface area (Å²) in [5, 5.41) is 24.6. The third-order valence-electron chi connectivity index (χ3n) is 5.42. The van der Waals surface area contributed by atoms with E-state index in [4.69, 9.17) is 23.2 Å². The number of imidazole rings is 1. The van der Waals surface area contributed by atoms with E-state index < -0.39 is 36.4 Å². The molecule has 0 amide bonds. The van der Waals surface area contributed by atoms with Crippen LogP contribution in [0.1, 0.15) is 24.7 Å². The number of nitrogens with zero attached hydrogens (tertiary/aromatic N) is 5.